The number of carbonyl (C=O) groups is 1. The Bertz CT molecular complexity index is 455. The van der Waals surface area contributed by atoms with Crippen LogP contribution in [0.2, 0.25) is 0 Å². The highest BCUT2D eigenvalue weighted by atomic mass is 79.9. The van der Waals surface area contributed by atoms with E-state index in [0.29, 0.717) is 11.0 Å². The molecule has 1 amide bonds. The van der Waals surface area contributed by atoms with Crippen LogP contribution in [0.25, 0.3) is 0 Å². The van der Waals surface area contributed by atoms with Gasteiger partial charge in [0.05, 0.1) is 10.0 Å². The van der Waals surface area contributed by atoms with Crippen LogP contribution in [0.15, 0.2) is 22.7 Å². The monoisotopic (exact) mass is 313 g/mol. The molecule has 2 nitrogen and oxygen atoms in total. The second kappa shape index (κ2) is 5.39. The number of amides is 1. The Kier molecular flexibility index (Phi) is 4.05. The third-order valence-corrected chi connectivity index (χ3v) is 4.30. The van der Waals surface area contributed by atoms with Gasteiger partial charge in [0.25, 0.3) is 5.91 Å². The summed E-state index contributed by atoms with van der Waals surface area (Å²) >= 11 is 3.09. The van der Waals surface area contributed by atoms with Crippen molar-refractivity contribution in [3.63, 3.8) is 0 Å². The van der Waals surface area contributed by atoms with Gasteiger partial charge >= 0.3 is 0 Å². The van der Waals surface area contributed by atoms with E-state index in [9.17, 15) is 9.18 Å². The Labute approximate surface area is 115 Å². The normalized spacial score (nSPS) is 17.7. The largest absolute Gasteiger partial charge is 0.351 e. The van der Waals surface area contributed by atoms with Crippen molar-refractivity contribution in [3.8, 4) is 0 Å². The first-order valence-electron chi connectivity index (χ1n) is 6.24. The first kappa shape index (κ1) is 13.5. The molecule has 0 aromatic heterocycles. The predicted molar refractivity (Wildman–Crippen MR) is 73.0 cm³/mol. The van der Waals surface area contributed by atoms with Gasteiger partial charge in [-0.15, -0.1) is 0 Å². The van der Waals surface area contributed by atoms with Gasteiger partial charge in [0, 0.05) is 6.54 Å². The zero-order chi connectivity index (χ0) is 13.2. The van der Waals surface area contributed by atoms with Crippen LogP contribution in [0.4, 0.5) is 4.39 Å². The smallest absolute Gasteiger partial charge is 0.254 e. The van der Waals surface area contributed by atoms with Crippen LogP contribution in [0.1, 0.15) is 43.0 Å². The molecular formula is C14H17BrFNO. The van der Waals surface area contributed by atoms with Crippen molar-refractivity contribution in [3.05, 3.63) is 34.1 Å². The fourth-order valence-electron chi connectivity index (χ4n) is 2.47. The summed E-state index contributed by atoms with van der Waals surface area (Å²) in [5, 5.41) is 2.85. The molecule has 98 valence electrons. The number of nitrogens with one attached hydrogen (secondary N) is 1. The standard InChI is InChI=1S/C14H17BrFNO/c1-14(7-2-3-8-14)9-17-13(18)10-5-4-6-11(15)12(10)16/h4-6H,2-3,7-9H2,1H3,(H,17,18). The second-order valence-corrected chi connectivity index (χ2v) is 6.16. The average Bonchev–Trinajstić information content (AvgIpc) is 2.77. The van der Waals surface area contributed by atoms with E-state index in [1.807, 2.05) is 0 Å². The maximum atomic E-state index is 13.7. The molecule has 0 spiro atoms. The molecule has 18 heavy (non-hydrogen) atoms. The fraction of sp³-hybridized carbons (Fsp3) is 0.500. The number of carbonyl (C=O) groups excluding carboxylic acids is 1. The van der Waals surface area contributed by atoms with E-state index >= 15 is 0 Å². The summed E-state index contributed by atoms with van der Waals surface area (Å²) in [6, 6.07) is 4.76. The summed E-state index contributed by atoms with van der Waals surface area (Å²) in [4.78, 5) is 11.9. The maximum Gasteiger partial charge on any atom is 0.254 e. The lowest BCUT2D eigenvalue weighted by molar-refractivity contribution is 0.0930. The molecule has 0 unspecified atom stereocenters. The number of hydrogen-bond donors (Lipinski definition) is 1. The summed E-state index contributed by atoms with van der Waals surface area (Å²) in [6.45, 7) is 2.80. The molecule has 1 fully saturated rings. The molecule has 0 atom stereocenters. The van der Waals surface area contributed by atoms with E-state index in [1.54, 1.807) is 12.1 Å². The summed E-state index contributed by atoms with van der Waals surface area (Å²) in [5.74, 6) is -0.825. The molecule has 0 bridgehead atoms. The molecule has 1 aromatic carbocycles. The van der Waals surface area contributed by atoms with E-state index < -0.39 is 5.82 Å². The van der Waals surface area contributed by atoms with Crippen molar-refractivity contribution in [1.29, 1.82) is 0 Å². The Balaban J connectivity index is 2.01. The van der Waals surface area contributed by atoms with Crippen LogP contribution in [0.5, 0.6) is 0 Å². The second-order valence-electron chi connectivity index (χ2n) is 5.30. The lowest BCUT2D eigenvalue weighted by atomic mass is 9.89. The predicted octanol–water partition coefficient (Wildman–Crippen LogP) is 3.90. The van der Waals surface area contributed by atoms with Crippen LogP contribution in [0, 0.1) is 11.2 Å². The zero-order valence-corrected chi connectivity index (χ0v) is 12.0. The molecule has 1 aromatic rings. The van der Waals surface area contributed by atoms with E-state index in [0.717, 1.165) is 12.8 Å². The van der Waals surface area contributed by atoms with E-state index in [1.165, 1.54) is 18.9 Å². The first-order valence-corrected chi connectivity index (χ1v) is 7.03. The maximum absolute atomic E-state index is 13.7. The Morgan fingerprint density at radius 1 is 1.44 bits per heavy atom. The van der Waals surface area contributed by atoms with Crippen molar-refractivity contribution in [2.75, 3.05) is 6.54 Å². The Morgan fingerprint density at radius 3 is 2.78 bits per heavy atom. The Hall–Kier alpha value is -0.900. The van der Waals surface area contributed by atoms with Gasteiger partial charge in [-0.05, 0) is 46.3 Å². The fourth-order valence-corrected chi connectivity index (χ4v) is 2.84. The minimum atomic E-state index is -0.494. The van der Waals surface area contributed by atoms with Crippen LogP contribution < -0.4 is 5.32 Å². The summed E-state index contributed by atoms with van der Waals surface area (Å²) in [5.41, 5.74) is 0.281. The summed E-state index contributed by atoms with van der Waals surface area (Å²) in [6.07, 6.45) is 4.71. The van der Waals surface area contributed by atoms with Gasteiger partial charge < -0.3 is 5.32 Å². The van der Waals surface area contributed by atoms with Crippen molar-refractivity contribution in [2.24, 2.45) is 5.41 Å². The number of hydrogen-bond acceptors (Lipinski definition) is 1. The number of halogens is 2. The quantitative estimate of drug-likeness (QED) is 0.901. The third kappa shape index (κ3) is 2.91. The topological polar surface area (TPSA) is 29.1 Å². The molecule has 0 heterocycles. The summed E-state index contributed by atoms with van der Waals surface area (Å²) < 4.78 is 14.1. The van der Waals surface area contributed by atoms with Crippen molar-refractivity contribution < 1.29 is 9.18 Å². The lowest BCUT2D eigenvalue weighted by Gasteiger charge is -2.23. The molecule has 1 aliphatic carbocycles. The van der Waals surface area contributed by atoms with Crippen molar-refractivity contribution in [1.82, 2.24) is 5.32 Å². The first-order chi connectivity index (χ1) is 8.52. The van der Waals surface area contributed by atoms with Gasteiger partial charge in [0.2, 0.25) is 0 Å². The lowest BCUT2D eigenvalue weighted by Crippen LogP contribution is -2.34. The van der Waals surface area contributed by atoms with E-state index in [4.69, 9.17) is 0 Å². The molecule has 0 aliphatic heterocycles. The SMILES string of the molecule is CC1(CNC(=O)c2cccc(Br)c2F)CCCC1. The van der Waals surface area contributed by atoms with Gasteiger partial charge in [0.15, 0.2) is 0 Å². The number of rotatable bonds is 3. The molecule has 4 heteroatoms. The van der Waals surface area contributed by atoms with Gasteiger partial charge in [-0.2, -0.15) is 0 Å². The molecule has 1 saturated carbocycles. The van der Waals surface area contributed by atoms with Crippen molar-refractivity contribution in [2.45, 2.75) is 32.6 Å². The van der Waals surface area contributed by atoms with Crippen LogP contribution in [-0.4, -0.2) is 12.5 Å². The van der Waals surface area contributed by atoms with Crippen molar-refractivity contribution >= 4 is 21.8 Å². The highest BCUT2D eigenvalue weighted by molar-refractivity contribution is 9.10. The highest BCUT2D eigenvalue weighted by Gasteiger charge is 2.29. The highest BCUT2D eigenvalue weighted by Crippen LogP contribution is 2.36. The minimum absolute atomic E-state index is 0.103. The molecule has 1 N–H and O–H groups in total. The van der Waals surface area contributed by atoms with Gasteiger partial charge in [-0.25, -0.2) is 4.39 Å². The van der Waals surface area contributed by atoms with Gasteiger partial charge in [-0.3, -0.25) is 4.79 Å². The van der Waals surface area contributed by atoms with E-state index in [-0.39, 0.29) is 16.9 Å². The average molecular weight is 314 g/mol. The molecular weight excluding hydrogens is 297 g/mol. The third-order valence-electron chi connectivity index (χ3n) is 3.68. The Morgan fingerprint density at radius 2 is 2.11 bits per heavy atom. The van der Waals surface area contributed by atoms with Gasteiger partial charge in [-0.1, -0.05) is 25.8 Å². The van der Waals surface area contributed by atoms with Crippen LogP contribution >= 0.6 is 15.9 Å². The molecule has 2 rings (SSSR count). The summed E-state index contributed by atoms with van der Waals surface area (Å²) in [7, 11) is 0. The van der Waals surface area contributed by atoms with Crippen LogP contribution in [0.3, 0.4) is 0 Å². The van der Waals surface area contributed by atoms with Crippen LogP contribution in [-0.2, 0) is 0 Å². The minimum Gasteiger partial charge on any atom is -0.351 e. The van der Waals surface area contributed by atoms with E-state index in [2.05, 4.69) is 28.2 Å². The molecule has 1 aliphatic rings. The van der Waals surface area contributed by atoms with Gasteiger partial charge in [0.1, 0.15) is 5.82 Å². The molecule has 0 radical (unpaired) electrons. The molecule has 0 saturated heterocycles. The number of benzene rings is 1. The zero-order valence-electron chi connectivity index (χ0n) is 10.4.